The molecule has 2 N–H and O–H groups in total. The molecule has 1 saturated heterocycles. The van der Waals surface area contributed by atoms with Crippen LogP contribution < -0.4 is 9.47 Å². The molecule has 0 aliphatic carbocycles. The van der Waals surface area contributed by atoms with Crippen LogP contribution in [0.2, 0.25) is 0 Å². The van der Waals surface area contributed by atoms with Crippen LogP contribution in [0.25, 0.3) is 0 Å². The van der Waals surface area contributed by atoms with Gasteiger partial charge < -0.3 is 19.7 Å². The van der Waals surface area contributed by atoms with Crippen LogP contribution in [0.4, 0.5) is 0 Å². The maximum atomic E-state index is 12.5. The molecule has 1 aromatic carbocycles. The van der Waals surface area contributed by atoms with Crippen molar-refractivity contribution in [1.29, 1.82) is 0 Å². The number of methoxy groups -OCH3 is 2. The second kappa shape index (κ2) is 5.57. The van der Waals surface area contributed by atoms with E-state index in [9.17, 15) is 18.6 Å². The largest absolute Gasteiger partial charge is 0.497 e. The van der Waals surface area contributed by atoms with Crippen LogP contribution in [0.5, 0.6) is 11.5 Å². The Hall–Kier alpha value is -1.35. The van der Waals surface area contributed by atoms with Gasteiger partial charge in [-0.3, -0.25) is 0 Å². The third-order valence-corrected chi connectivity index (χ3v) is 5.09. The van der Waals surface area contributed by atoms with Gasteiger partial charge in [0.15, 0.2) is 0 Å². The number of hydrogen-bond acceptors (Lipinski definition) is 6. The number of rotatable bonds is 4. The Morgan fingerprint density at radius 3 is 2.25 bits per heavy atom. The molecule has 0 saturated carbocycles. The topological polar surface area (TPSA) is 96.3 Å². The first-order valence-corrected chi connectivity index (χ1v) is 7.42. The first-order valence-electron chi connectivity index (χ1n) is 5.98. The van der Waals surface area contributed by atoms with E-state index in [2.05, 4.69) is 0 Å². The summed E-state index contributed by atoms with van der Waals surface area (Å²) in [5.41, 5.74) is 0. The van der Waals surface area contributed by atoms with Crippen molar-refractivity contribution in [2.45, 2.75) is 17.1 Å². The van der Waals surface area contributed by atoms with Gasteiger partial charge in [0.2, 0.25) is 10.0 Å². The second-order valence-corrected chi connectivity index (χ2v) is 6.38. The van der Waals surface area contributed by atoms with Gasteiger partial charge in [-0.05, 0) is 12.1 Å². The molecule has 20 heavy (non-hydrogen) atoms. The average molecular weight is 303 g/mol. The lowest BCUT2D eigenvalue weighted by atomic mass is 10.3. The lowest BCUT2D eigenvalue weighted by Gasteiger charge is -2.18. The normalized spacial score (nSPS) is 23.8. The van der Waals surface area contributed by atoms with Crippen molar-refractivity contribution >= 4 is 10.0 Å². The van der Waals surface area contributed by atoms with Crippen LogP contribution in [0, 0.1) is 0 Å². The number of β-amino-alcohol motifs (C(OH)–C–C–N with tert-alkyl or cyclic N) is 2. The fourth-order valence-electron chi connectivity index (χ4n) is 2.06. The number of sulfonamides is 1. The van der Waals surface area contributed by atoms with Gasteiger partial charge in [-0.15, -0.1) is 0 Å². The SMILES string of the molecule is COc1ccc(S(=O)(=O)N2C[C@@H](O)[C@@H](O)C2)c(OC)c1. The summed E-state index contributed by atoms with van der Waals surface area (Å²) in [5, 5.41) is 19.0. The first kappa shape index (κ1) is 15.0. The Labute approximate surface area is 117 Å². The summed E-state index contributed by atoms with van der Waals surface area (Å²) in [4.78, 5) is -0.0258. The molecule has 112 valence electrons. The Morgan fingerprint density at radius 1 is 1.15 bits per heavy atom. The summed E-state index contributed by atoms with van der Waals surface area (Å²) in [7, 11) is -1.01. The zero-order valence-corrected chi connectivity index (χ0v) is 12.0. The summed E-state index contributed by atoms with van der Waals surface area (Å²) in [6.45, 7) is -0.280. The van der Waals surface area contributed by atoms with E-state index in [0.29, 0.717) is 5.75 Å². The predicted octanol–water partition coefficient (Wildman–Crippen LogP) is -0.570. The Balaban J connectivity index is 2.39. The van der Waals surface area contributed by atoms with E-state index >= 15 is 0 Å². The molecule has 7 nitrogen and oxygen atoms in total. The van der Waals surface area contributed by atoms with Crippen LogP contribution in [-0.2, 0) is 10.0 Å². The summed E-state index contributed by atoms with van der Waals surface area (Å²) < 4.78 is 36.1. The van der Waals surface area contributed by atoms with Gasteiger partial charge in [0.25, 0.3) is 0 Å². The van der Waals surface area contributed by atoms with E-state index in [-0.39, 0.29) is 23.7 Å². The molecule has 8 heteroatoms. The molecule has 1 fully saturated rings. The van der Waals surface area contributed by atoms with Crippen LogP contribution in [0.15, 0.2) is 23.1 Å². The number of ether oxygens (including phenoxy) is 2. The quantitative estimate of drug-likeness (QED) is 0.773. The van der Waals surface area contributed by atoms with Crippen LogP contribution in [-0.4, -0.2) is 62.5 Å². The van der Waals surface area contributed by atoms with E-state index in [1.807, 2.05) is 0 Å². The van der Waals surface area contributed by atoms with Crippen molar-refractivity contribution in [3.63, 3.8) is 0 Å². The standard InChI is InChI=1S/C12H17NO6S/c1-18-8-3-4-12(11(5-8)19-2)20(16,17)13-6-9(14)10(15)7-13/h3-5,9-10,14-15H,6-7H2,1-2H3/t9-,10+. The molecule has 1 heterocycles. The second-order valence-electron chi connectivity index (χ2n) is 4.47. The molecule has 0 bridgehead atoms. The third kappa shape index (κ3) is 2.59. The van der Waals surface area contributed by atoms with E-state index in [1.54, 1.807) is 0 Å². The minimum absolute atomic E-state index is 0.0258. The van der Waals surface area contributed by atoms with Gasteiger partial charge in [0.1, 0.15) is 16.4 Å². The van der Waals surface area contributed by atoms with Gasteiger partial charge in [-0.1, -0.05) is 0 Å². The first-order chi connectivity index (χ1) is 9.40. The Bertz CT molecular complexity index is 578. The van der Waals surface area contributed by atoms with Gasteiger partial charge in [0.05, 0.1) is 26.4 Å². The smallest absolute Gasteiger partial charge is 0.246 e. The van der Waals surface area contributed by atoms with E-state index in [4.69, 9.17) is 9.47 Å². The van der Waals surface area contributed by atoms with Crippen molar-refractivity contribution in [1.82, 2.24) is 4.31 Å². The Kier molecular flexibility index (Phi) is 4.19. The highest BCUT2D eigenvalue weighted by Crippen LogP contribution is 2.32. The van der Waals surface area contributed by atoms with Crippen LogP contribution in [0.3, 0.4) is 0 Å². The van der Waals surface area contributed by atoms with Gasteiger partial charge in [-0.2, -0.15) is 4.31 Å². The number of aliphatic hydroxyl groups is 2. The van der Waals surface area contributed by atoms with E-state index < -0.39 is 22.2 Å². The van der Waals surface area contributed by atoms with E-state index in [1.165, 1.54) is 32.4 Å². The van der Waals surface area contributed by atoms with E-state index in [0.717, 1.165) is 4.31 Å². The molecular formula is C12H17NO6S. The van der Waals surface area contributed by atoms with Gasteiger partial charge >= 0.3 is 0 Å². The van der Waals surface area contributed by atoms with Crippen LogP contribution in [0.1, 0.15) is 0 Å². The molecule has 1 aliphatic rings. The van der Waals surface area contributed by atoms with Crippen molar-refractivity contribution in [3.8, 4) is 11.5 Å². The minimum atomic E-state index is -3.84. The monoisotopic (exact) mass is 303 g/mol. The minimum Gasteiger partial charge on any atom is -0.497 e. The fraction of sp³-hybridized carbons (Fsp3) is 0.500. The van der Waals surface area contributed by atoms with Gasteiger partial charge in [-0.25, -0.2) is 8.42 Å². The predicted molar refractivity (Wildman–Crippen MR) is 70.3 cm³/mol. The summed E-state index contributed by atoms with van der Waals surface area (Å²) in [6.07, 6.45) is -2.15. The third-order valence-electron chi connectivity index (χ3n) is 3.21. The Morgan fingerprint density at radius 2 is 1.75 bits per heavy atom. The summed E-state index contributed by atoms with van der Waals surface area (Å²) >= 11 is 0. The van der Waals surface area contributed by atoms with Crippen molar-refractivity contribution in [3.05, 3.63) is 18.2 Å². The molecular weight excluding hydrogens is 286 g/mol. The van der Waals surface area contributed by atoms with Crippen LogP contribution >= 0.6 is 0 Å². The number of nitrogens with zero attached hydrogens (tertiary/aromatic N) is 1. The lowest BCUT2D eigenvalue weighted by Crippen LogP contribution is -2.30. The molecule has 0 radical (unpaired) electrons. The average Bonchev–Trinajstić information content (AvgIpc) is 2.78. The maximum Gasteiger partial charge on any atom is 0.246 e. The lowest BCUT2D eigenvalue weighted by molar-refractivity contribution is 0.0572. The highest BCUT2D eigenvalue weighted by atomic mass is 32.2. The molecule has 0 aromatic heterocycles. The molecule has 1 aliphatic heterocycles. The number of hydrogen-bond donors (Lipinski definition) is 2. The zero-order valence-electron chi connectivity index (χ0n) is 11.2. The van der Waals surface area contributed by atoms with Crippen molar-refractivity contribution in [2.75, 3.05) is 27.3 Å². The highest BCUT2D eigenvalue weighted by Gasteiger charge is 2.38. The molecule has 2 rings (SSSR count). The summed E-state index contributed by atoms with van der Waals surface area (Å²) in [6, 6.07) is 4.36. The van der Waals surface area contributed by atoms with Crippen molar-refractivity contribution in [2.24, 2.45) is 0 Å². The van der Waals surface area contributed by atoms with Crippen molar-refractivity contribution < 1.29 is 28.1 Å². The maximum absolute atomic E-state index is 12.5. The molecule has 0 spiro atoms. The highest BCUT2D eigenvalue weighted by molar-refractivity contribution is 7.89. The summed E-state index contributed by atoms with van der Waals surface area (Å²) in [5.74, 6) is 0.627. The number of benzene rings is 1. The molecule has 1 aromatic rings. The molecule has 0 unspecified atom stereocenters. The zero-order chi connectivity index (χ0) is 14.9. The van der Waals surface area contributed by atoms with Gasteiger partial charge in [0, 0.05) is 19.2 Å². The number of aliphatic hydroxyl groups excluding tert-OH is 2. The molecule has 2 atom stereocenters. The molecule has 0 amide bonds. The fourth-order valence-corrected chi connectivity index (χ4v) is 3.67.